The van der Waals surface area contributed by atoms with E-state index >= 15 is 0 Å². The van der Waals surface area contributed by atoms with Crippen molar-refractivity contribution in [2.75, 3.05) is 22.9 Å². The number of ether oxygens (including phenoxy) is 1. The third-order valence-corrected chi connectivity index (χ3v) is 3.16. The molecule has 0 saturated carbocycles. The van der Waals surface area contributed by atoms with Crippen LogP contribution in [0.4, 0.5) is 21.9 Å². The fourth-order valence-electron chi connectivity index (χ4n) is 2.12. The van der Waals surface area contributed by atoms with E-state index in [9.17, 15) is 4.79 Å². The van der Waals surface area contributed by atoms with E-state index in [-0.39, 0.29) is 0 Å². The molecule has 0 radical (unpaired) electrons. The van der Waals surface area contributed by atoms with Crippen LogP contribution >= 0.6 is 0 Å². The number of carbonyl (C=O) groups excluding carboxylic acids is 1. The summed E-state index contributed by atoms with van der Waals surface area (Å²) in [6.07, 6.45) is 4.84. The van der Waals surface area contributed by atoms with Gasteiger partial charge in [-0.2, -0.15) is 0 Å². The third kappa shape index (κ3) is 5.83. The highest BCUT2D eigenvalue weighted by Crippen LogP contribution is 2.23. The summed E-state index contributed by atoms with van der Waals surface area (Å²) in [4.78, 5) is 19.1. The molecule has 0 fully saturated rings. The number of aryl methyl sites for hydroxylation is 1. The fraction of sp³-hybridized carbons (Fsp3) is 0.412. The average Bonchev–Trinajstić information content (AvgIpc) is 2.98. The molecule has 1 heterocycles. The molecule has 0 bridgehead atoms. The number of carbonyl (C=O) groups is 1. The number of nitrogen functional groups attached to an aromatic ring is 1. The first-order valence-electron chi connectivity index (χ1n) is 7.95. The van der Waals surface area contributed by atoms with Crippen molar-refractivity contribution >= 4 is 23.2 Å². The van der Waals surface area contributed by atoms with E-state index in [0.29, 0.717) is 11.4 Å². The van der Waals surface area contributed by atoms with Gasteiger partial charge in [-0.15, -0.1) is 0 Å². The number of aromatic nitrogens is 2. The van der Waals surface area contributed by atoms with E-state index < -0.39 is 11.7 Å². The Morgan fingerprint density at radius 2 is 2.17 bits per heavy atom. The zero-order valence-corrected chi connectivity index (χ0v) is 14.3. The summed E-state index contributed by atoms with van der Waals surface area (Å²) in [6, 6.07) is 5.29. The van der Waals surface area contributed by atoms with Gasteiger partial charge in [0.2, 0.25) is 0 Å². The summed E-state index contributed by atoms with van der Waals surface area (Å²) < 4.78 is 5.24. The lowest BCUT2D eigenvalue weighted by atomic mass is 10.2. The number of amides is 1. The number of anilines is 3. The maximum absolute atomic E-state index is 11.8. The molecule has 1 amide bonds. The smallest absolute Gasteiger partial charge is 0.412 e. The van der Waals surface area contributed by atoms with Crippen molar-refractivity contribution in [3.8, 4) is 0 Å². The summed E-state index contributed by atoms with van der Waals surface area (Å²) in [6.45, 7) is 6.21. The van der Waals surface area contributed by atoms with Gasteiger partial charge in [-0.3, -0.25) is 5.32 Å². The number of H-pyrrole nitrogens is 1. The van der Waals surface area contributed by atoms with E-state index in [2.05, 4.69) is 20.6 Å². The van der Waals surface area contributed by atoms with Gasteiger partial charge in [0, 0.05) is 31.0 Å². The van der Waals surface area contributed by atoms with Gasteiger partial charge in [0.1, 0.15) is 11.4 Å². The first-order valence-corrected chi connectivity index (χ1v) is 7.95. The molecule has 130 valence electrons. The standard InChI is InChI=1S/C17H25N5O2/c1-17(2,3)24-16(23)22-12-6-7-13(18)14(11-12)19-8-4-5-15-20-9-10-21-15/h6-7,9-11,19H,4-5,8,18H2,1-3H3,(H,20,21)(H,22,23). The SMILES string of the molecule is CC(C)(C)OC(=O)Nc1ccc(N)c(NCCCc2ncc[nH]2)c1. The largest absolute Gasteiger partial charge is 0.444 e. The quantitative estimate of drug-likeness (QED) is 0.480. The Balaban J connectivity index is 1.87. The highest BCUT2D eigenvalue weighted by Gasteiger charge is 2.16. The van der Waals surface area contributed by atoms with Gasteiger partial charge in [0.05, 0.1) is 11.4 Å². The maximum Gasteiger partial charge on any atom is 0.412 e. The monoisotopic (exact) mass is 331 g/mol. The zero-order chi connectivity index (χ0) is 17.6. The molecule has 0 spiro atoms. The minimum Gasteiger partial charge on any atom is -0.444 e. The molecule has 1 aromatic heterocycles. The Morgan fingerprint density at radius 3 is 2.83 bits per heavy atom. The van der Waals surface area contributed by atoms with E-state index in [1.165, 1.54) is 0 Å². The number of nitrogens with two attached hydrogens (primary N) is 1. The molecule has 0 unspecified atom stereocenters. The summed E-state index contributed by atoms with van der Waals surface area (Å²) in [5, 5.41) is 5.99. The van der Waals surface area contributed by atoms with E-state index in [4.69, 9.17) is 10.5 Å². The van der Waals surface area contributed by atoms with E-state index in [0.717, 1.165) is 30.9 Å². The van der Waals surface area contributed by atoms with Crippen molar-refractivity contribution in [1.82, 2.24) is 9.97 Å². The van der Waals surface area contributed by atoms with Gasteiger partial charge in [-0.25, -0.2) is 9.78 Å². The topological polar surface area (TPSA) is 105 Å². The molecule has 5 N–H and O–H groups in total. The first kappa shape index (κ1) is 17.7. The molecule has 0 atom stereocenters. The molecule has 0 saturated heterocycles. The lowest BCUT2D eigenvalue weighted by Gasteiger charge is -2.20. The Labute approximate surface area is 142 Å². The van der Waals surface area contributed by atoms with Crippen LogP contribution in [0.2, 0.25) is 0 Å². The van der Waals surface area contributed by atoms with Crippen LogP contribution in [0.25, 0.3) is 0 Å². The predicted octanol–water partition coefficient (Wildman–Crippen LogP) is 3.38. The van der Waals surface area contributed by atoms with E-state index in [1.54, 1.807) is 24.4 Å². The van der Waals surface area contributed by atoms with E-state index in [1.807, 2.05) is 27.0 Å². The van der Waals surface area contributed by atoms with Crippen LogP contribution in [0.1, 0.15) is 33.0 Å². The number of rotatable bonds is 6. The molecule has 1 aromatic carbocycles. The summed E-state index contributed by atoms with van der Waals surface area (Å²) >= 11 is 0. The van der Waals surface area contributed by atoms with Gasteiger partial charge in [-0.1, -0.05) is 0 Å². The van der Waals surface area contributed by atoms with Crippen LogP contribution in [0.3, 0.4) is 0 Å². The number of hydrogen-bond donors (Lipinski definition) is 4. The highest BCUT2D eigenvalue weighted by molar-refractivity contribution is 5.87. The first-order chi connectivity index (χ1) is 11.3. The van der Waals surface area contributed by atoms with Crippen molar-refractivity contribution in [2.24, 2.45) is 0 Å². The van der Waals surface area contributed by atoms with Gasteiger partial charge in [0.15, 0.2) is 0 Å². The second-order valence-electron chi connectivity index (χ2n) is 6.50. The number of benzene rings is 1. The van der Waals surface area contributed by atoms with Crippen molar-refractivity contribution in [3.63, 3.8) is 0 Å². The van der Waals surface area contributed by atoms with Crippen LogP contribution in [0, 0.1) is 0 Å². The molecule has 7 nitrogen and oxygen atoms in total. The molecule has 2 aromatic rings. The lowest BCUT2D eigenvalue weighted by Crippen LogP contribution is -2.27. The Bertz CT molecular complexity index is 662. The van der Waals surface area contributed by atoms with Gasteiger partial charge in [-0.05, 0) is 45.4 Å². The molecular weight excluding hydrogens is 306 g/mol. The number of hydrogen-bond acceptors (Lipinski definition) is 5. The highest BCUT2D eigenvalue weighted by atomic mass is 16.6. The second-order valence-corrected chi connectivity index (χ2v) is 6.50. The van der Waals surface area contributed by atoms with Crippen LogP contribution in [-0.2, 0) is 11.2 Å². The number of imidazole rings is 1. The van der Waals surface area contributed by atoms with Gasteiger partial charge < -0.3 is 20.8 Å². The minimum absolute atomic E-state index is 0.490. The second kappa shape index (κ2) is 7.72. The molecular formula is C17H25N5O2. The lowest BCUT2D eigenvalue weighted by molar-refractivity contribution is 0.0636. The predicted molar refractivity (Wildman–Crippen MR) is 96.1 cm³/mol. The molecule has 7 heteroatoms. The minimum atomic E-state index is -0.537. The van der Waals surface area contributed by atoms with Gasteiger partial charge in [0.25, 0.3) is 0 Å². The normalized spacial score (nSPS) is 11.1. The van der Waals surface area contributed by atoms with Crippen molar-refractivity contribution in [3.05, 3.63) is 36.4 Å². The van der Waals surface area contributed by atoms with Crippen molar-refractivity contribution in [1.29, 1.82) is 0 Å². The fourth-order valence-corrected chi connectivity index (χ4v) is 2.12. The number of nitrogens with zero attached hydrogens (tertiary/aromatic N) is 1. The molecule has 0 aliphatic heterocycles. The molecule has 0 aliphatic rings. The van der Waals surface area contributed by atoms with Crippen LogP contribution in [-0.4, -0.2) is 28.2 Å². The summed E-state index contributed by atoms with van der Waals surface area (Å²) in [5.74, 6) is 0.963. The summed E-state index contributed by atoms with van der Waals surface area (Å²) in [7, 11) is 0. The molecule has 24 heavy (non-hydrogen) atoms. The maximum atomic E-state index is 11.8. The van der Waals surface area contributed by atoms with Gasteiger partial charge >= 0.3 is 6.09 Å². The molecule has 0 aliphatic carbocycles. The Hall–Kier alpha value is -2.70. The third-order valence-electron chi connectivity index (χ3n) is 3.16. The summed E-state index contributed by atoms with van der Waals surface area (Å²) in [5.41, 5.74) is 7.48. The Morgan fingerprint density at radius 1 is 1.38 bits per heavy atom. The van der Waals surface area contributed by atoms with Crippen LogP contribution in [0.5, 0.6) is 0 Å². The van der Waals surface area contributed by atoms with Crippen LogP contribution in [0.15, 0.2) is 30.6 Å². The average molecular weight is 331 g/mol. The van der Waals surface area contributed by atoms with Crippen LogP contribution < -0.4 is 16.4 Å². The number of nitrogens with one attached hydrogen (secondary N) is 3. The Kier molecular flexibility index (Phi) is 5.68. The number of aromatic amines is 1. The molecule has 2 rings (SSSR count). The van der Waals surface area contributed by atoms with Crippen molar-refractivity contribution in [2.45, 2.75) is 39.2 Å². The van der Waals surface area contributed by atoms with Crippen molar-refractivity contribution < 1.29 is 9.53 Å². The zero-order valence-electron chi connectivity index (χ0n) is 14.3.